The number of hydrogen-bond acceptors (Lipinski definition) is 4. The van der Waals surface area contributed by atoms with Gasteiger partial charge in [-0.2, -0.15) is 0 Å². The van der Waals surface area contributed by atoms with Crippen molar-refractivity contribution in [2.24, 2.45) is 11.7 Å². The SMILES string of the molecule is CCS(=O)(=O)NCc1ccc(C(=O)N(C)CCC(N)C(C)C)cc1.Cl. The maximum absolute atomic E-state index is 12.4. The summed E-state index contributed by atoms with van der Waals surface area (Å²) in [7, 11) is -1.45. The van der Waals surface area contributed by atoms with Gasteiger partial charge in [0, 0.05) is 31.7 Å². The van der Waals surface area contributed by atoms with Gasteiger partial charge < -0.3 is 10.6 Å². The van der Waals surface area contributed by atoms with Crippen molar-refractivity contribution < 1.29 is 13.2 Å². The number of carbonyl (C=O) groups is 1. The van der Waals surface area contributed by atoms with E-state index >= 15 is 0 Å². The van der Waals surface area contributed by atoms with Crippen molar-refractivity contribution >= 4 is 28.3 Å². The molecule has 0 saturated carbocycles. The van der Waals surface area contributed by atoms with Crippen LogP contribution in [0.4, 0.5) is 0 Å². The summed E-state index contributed by atoms with van der Waals surface area (Å²) in [6.45, 7) is 6.56. The Hall–Kier alpha value is -1.15. The van der Waals surface area contributed by atoms with Gasteiger partial charge in [0.1, 0.15) is 0 Å². The van der Waals surface area contributed by atoms with E-state index in [1.807, 2.05) is 0 Å². The molecule has 1 aromatic carbocycles. The number of nitrogens with one attached hydrogen (secondary N) is 1. The average molecular weight is 392 g/mol. The van der Waals surface area contributed by atoms with Gasteiger partial charge in [-0.1, -0.05) is 26.0 Å². The summed E-state index contributed by atoms with van der Waals surface area (Å²) in [5.41, 5.74) is 7.40. The molecule has 0 saturated heterocycles. The molecule has 0 fully saturated rings. The third-order valence-corrected chi connectivity index (χ3v) is 5.42. The fraction of sp³-hybridized carbons (Fsp3) is 0.588. The fourth-order valence-electron chi connectivity index (χ4n) is 2.06. The highest BCUT2D eigenvalue weighted by Crippen LogP contribution is 2.09. The van der Waals surface area contributed by atoms with Crippen LogP contribution in [0.5, 0.6) is 0 Å². The Morgan fingerprint density at radius 3 is 2.28 bits per heavy atom. The predicted octanol–water partition coefficient (Wildman–Crippen LogP) is 1.99. The van der Waals surface area contributed by atoms with Gasteiger partial charge in [-0.15, -0.1) is 12.4 Å². The number of carbonyl (C=O) groups excluding carboxylic acids is 1. The molecule has 0 aliphatic heterocycles. The third kappa shape index (κ3) is 8.18. The normalized spacial score (nSPS) is 12.6. The van der Waals surface area contributed by atoms with Crippen molar-refractivity contribution in [2.45, 2.75) is 39.8 Å². The Kier molecular flexibility index (Phi) is 10.3. The highest BCUT2D eigenvalue weighted by molar-refractivity contribution is 7.89. The van der Waals surface area contributed by atoms with Crippen LogP contribution in [0.2, 0.25) is 0 Å². The van der Waals surface area contributed by atoms with Crippen LogP contribution in [0.15, 0.2) is 24.3 Å². The zero-order valence-electron chi connectivity index (χ0n) is 15.4. The van der Waals surface area contributed by atoms with E-state index in [0.717, 1.165) is 12.0 Å². The molecule has 0 bridgehead atoms. The van der Waals surface area contributed by atoms with Crippen LogP contribution in [0.3, 0.4) is 0 Å². The van der Waals surface area contributed by atoms with Crippen LogP contribution in [0, 0.1) is 5.92 Å². The number of hydrogen-bond donors (Lipinski definition) is 2. The first-order valence-electron chi connectivity index (χ1n) is 8.23. The van der Waals surface area contributed by atoms with Crippen LogP contribution in [0.25, 0.3) is 0 Å². The lowest BCUT2D eigenvalue weighted by molar-refractivity contribution is 0.0789. The molecule has 1 unspecified atom stereocenters. The van der Waals surface area contributed by atoms with Gasteiger partial charge >= 0.3 is 0 Å². The summed E-state index contributed by atoms with van der Waals surface area (Å²) >= 11 is 0. The number of amides is 1. The topological polar surface area (TPSA) is 92.5 Å². The highest BCUT2D eigenvalue weighted by atomic mass is 35.5. The van der Waals surface area contributed by atoms with Gasteiger partial charge in [0.25, 0.3) is 5.91 Å². The third-order valence-electron chi connectivity index (χ3n) is 4.08. The molecule has 144 valence electrons. The van der Waals surface area contributed by atoms with Gasteiger partial charge in [0.15, 0.2) is 0 Å². The van der Waals surface area contributed by atoms with E-state index in [0.29, 0.717) is 18.0 Å². The smallest absolute Gasteiger partial charge is 0.253 e. The van der Waals surface area contributed by atoms with Crippen LogP contribution in [-0.4, -0.2) is 44.6 Å². The molecule has 0 aliphatic carbocycles. The van der Waals surface area contributed by atoms with Crippen molar-refractivity contribution in [1.29, 1.82) is 0 Å². The largest absolute Gasteiger partial charge is 0.342 e. The Morgan fingerprint density at radius 2 is 1.80 bits per heavy atom. The Balaban J connectivity index is 0.00000576. The van der Waals surface area contributed by atoms with Crippen LogP contribution >= 0.6 is 12.4 Å². The molecule has 0 heterocycles. The minimum Gasteiger partial charge on any atom is -0.342 e. The molecule has 0 radical (unpaired) electrons. The molecule has 1 rings (SSSR count). The standard InChI is InChI=1S/C17H29N3O3S.ClH/c1-5-24(22,23)19-12-14-6-8-15(9-7-14)17(21)20(4)11-10-16(18)13(2)3;/h6-9,13,16,19H,5,10-12,18H2,1-4H3;1H. The molecule has 0 aliphatic rings. The Morgan fingerprint density at radius 1 is 1.24 bits per heavy atom. The van der Waals surface area contributed by atoms with Crippen molar-refractivity contribution in [3.63, 3.8) is 0 Å². The zero-order valence-corrected chi connectivity index (χ0v) is 17.0. The van der Waals surface area contributed by atoms with Gasteiger partial charge in [-0.05, 0) is 37.0 Å². The van der Waals surface area contributed by atoms with E-state index in [2.05, 4.69) is 18.6 Å². The molecule has 6 nitrogen and oxygen atoms in total. The lowest BCUT2D eigenvalue weighted by Crippen LogP contribution is -2.34. The number of rotatable bonds is 9. The van der Waals surface area contributed by atoms with Crippen LogP contribution < -0.4 is 10.5 Å². The maximum atomic E-state index is 12.4. The van der Waals surface area contributed by atoms with Gasteiger partial charge in [-0.25, -0.2) is 13.1 Å². The van der Waals surface area contributed by atoms with Crippen LogP contribution in [0.1, 0.15) is 43.1 Å². The zero-order chi connectivity index (χ0) is 18.3. The monoisotopic (exact) mass is 391 g/mol. The number of nitrogens with two attached hydrogens (primary N) is 1. The van der Waals surface area contributed by atoms with Crippen molar-refractivity contribution in [3.05, 3.63) is 35.4 Å². The second-order valence-electron chi connectivity index (χ2n) is 6.34. The quantitative estimate of drug-likeness (QED) is 0.673. The van der Waals surface area contributed by atoms with Gasteiger partial charge in [-0.3, -0.25) is 4.79 Å². The maximum Gasteiger partial charge on any atom is 0.253 e. The Bertz CT molecular complexity index is 633. The van der Waals surface area contributed by atoms with E-state index in [1.165, 1.54) is 0 Å². The lowest BCUT2D eigenvalue weighted by atomic mass is 10.0. The molecule has 0 spiro atoms. The molecule has 1 atom stereocenters. The van der Waals surface area contributed by atoms with E-state index in [9.17, 15) is 13.2 Å². The van der Waals surface area contributed by atoms with Crippen molar-refractivity contribution in [2.75, 3.05) is 19.3 Å². The Labute approximate surface area is 157 Å². The average Bonchev–Trinajstić information content (AvgIpc) is 2.57. The highest BCUT2D eigenvalue weighted by Gasteiger charge is 2.14. The molecule has 1 aromatic rings. The second kappa shape index (κ2) is 10.8. The van der Waals surface area contributed by atoms with E-state index < -0.39 is 10.0 Å². The summed E-state index contributed by atoms with van der Waals surface area (Å²) < 4.78 is 25.4. The first-order valence-corrected chi connectivity index (χ1v) is 9.88. The predicted molar refractivity (Wildman–Crippen MR) is 104 cm³/mol. The van der Waals surface area contributed by atoms with Gasteiger partial charge in [0.05, 0.1) is 5.75 Å². The van der Waals surface area contributed by atoms with Gasteiger partial charge in [0.2, 0.25) is 10.0 Å². The molecule has 1 amide bonds. The summed E-state index contributed by atoms with van der Waals surface area (Å²) in [4.78, 5) is 14.0. The molecule has 0 aromatic heterocycles. The van der Waals surface area contributed by atoms with E-state index in [4.69, 9.17) is 5.73 Å². The molecule has 25 heavy (non-hydrogen) atoms. The summed E-state index contributed by atoms with van der Waals surface area (Å²) in [6.07, 6.45) is 0.761. The summed E-state index contributed by atoms with van der Waals surface area (Å²) in [6, 6.07) is 7.04. The molecule has 8 heteroatoms. The lowest BCUT2D eigenvalue weighted by Gasteiger charge is -2.21. The summed E-state index contributed by atoms with van der Waals surface area (Å²) in [5, 5.41) is 0. The fourth-order valence-corrected chi connectivity index (χ4v) is 2.65. The van der Waals surface area contributed by atoms with Crippen molar-refractivity contribution in [3.8, 4) is 0 Å². The molecule has 3 N–H and O–H groups in total. The first kappa shape index (κ1) is 23.9. The minimum absolute atomic E-state index is 0. The number of benzene rings is 1. The first-order chi connectivity index (χ1) is 11.2. The van der Waals surface area contributed by atoms with E-state index in [1.54, 1.807) is 43.1 Å². The van der Waals surface area contributed by atoms with Crippen molar-refractivity contribution in [1.82, 2.24) is 9.62 Å². The number of nitrogens with zero attached hydrogens (tertiary/aromatic N) is 1. The summed E-state index contributed by atoms with van der Waals surface area (Å²) in [5.74, 6) is 0.374. The van der Waals surface area contributed by atoms with E-state index in [-0.39, 0.29) is 36.7 Å². The van der Waals surface area contributed by atoms with Crippen LogP contribution in [-0.2, 0) is 16.6 Å². The number of halogens is 1. The molecular weight excluding hydrogens is 362 g/mol. The minimum atomic E-state index is -3.22. The second-order valence-corrected chi connectivity index (χ2v) is 8.44. The molecular formula is C17H30ClN3O3S. The number of sulfonamides is 1.